The van der Waals surface area contributed by atoms with Gasteiger partial charge in [0.2, 0.25) is 5.90 Å². The van der Waals surface area contributed by atoms with E-state index >= 15 is 0 Å². The summed E-state index contributed by atoms with van der Waals surface area (Å²) in [4.78, 5) is 15.5. The van der Waals surface area contributed by atoms with Gasteiger partial charge < -0.3 is 9.84 Å². The van der Waals surface area contributed by atoms with Crippen LogP contribution in [0.4, 0.5) is 18.9 Å². The highest BCUT2D eigenvalue weighted by molar-refractivity contribution is 5.97. The lowest BCUT2D eigenvalue weighted by Gasteiger charge is -2.15. The minimum absolute atomic E-state index is 0.0270. The number of hydrogen-bond acceptors (Lipinski definition) is 3. The van der Waals surface area contributed by atoms with E-state index in [0.29, 0.717) is 11.1 Å². The summed E-state index contributed by atoms with van der Waals surface area (Å²) >= 11 is 0. The molecule has 0 heterocycles. The summed E-state index contributed by atoms with van der Waals surface area (Å²) in [6.45, 7) is 1.35. The number of rotatable bonds is 5. The maximum atomic E-state index is 13.3. The van der Waals surface area contributed by atoms with Crippen molar-refractivity contribution in [3.05, 3.63) is 95.1 Å². The molecule has 0 saturated heterocycles. The maximum absolute atomic E-state index is 13.3. The molecule has 1 N–H and O–H groups in total. The van der Waals surface area contributed by atoms with Gasteiger partial charge >= 0.3 is 12.1 Å². The van der Waals surface area contributed by atoms with Crippen molar-refractivity contribution in [2.45, 2.75) is 19.5 Å². The zero-order valence-electron chi connectivity index (χ0n) is 16.0. The summed E-state index contributed by atoms with van der Waals surface area (Å²) in [6, 6.07) is 19.0. The molecule has 4 nitrogen and oxygen atoms in total. The molecule has 30 heavy (non-hydrogen) atoms. The topological polar surface area (TPSA) is 58.9 Å². The standard InChI is InChI=1S/C23H18F3NO3/c1-15-18(23(24,25)26)11-7-12-19(15)27-22(16-8-3-2-4-9-16)30-20-13-6-5-10-17(20)14-21(28)29/h2-13H,14H2,1H3,(H,28,29). The molecule has 154 valence electrons. The van der Waals surface area contributed by atoms with E-state index < -0.39 is 17.7 Å². The summed E-state index contributed by atoms with van der Waals surface area (Å²) < 4.78 is 45.7. The van der Waals surface area contributed by atoms with Gasteiger partial charge in [0.25, 0.3) is 0 Å². The number of aliphatic carboxylic acids is 1. The molecule has 0 aliphatic heterocycles. The molecule has 0 radical (unpaired) electrons. The van der Waals surface area contributed by atoms with Crippen LogP contribution in [0, 0.1) is 6.92 Å². The molecule has 0 aromatic heterocycles. The van der Waals surface area contributed by atoms with Crippen LogP contribution in [0.1, 0.15) is 22.3 Å². The van der Waals surface area contributed by atoms with Crippen molar-refractivity contribution in [2.75, 3.05) is 0 Å². The molecule has 0 spiro atoms. The second kappa shape index (κ2) is 8.82. The third-order valence-electron chi connectivity index (χ3n) is 4.37. The van der Waals surface area contributed by atoms with Gasteiger partial charge in [0, 0.05) is 11.1 Å². The third kappa shape index (κ3) is 5.05. The van der Waals surface area contributed by atoms with Crippen LogP contribution >= 0.6 is 0 Å². The number of carbonyl (C=O) groups is 1. The van der Waals surface area contributed by atoms with E-state index in [2.05, 4.69) is 4.99 Å². The lowest BCUT2D eigenvalue weighted by Crippen LogP contribution is -2.13. The molecule has 0 aliphatic rings. The van der Waals surface area contributed by atoms with Crippen molar-refractivity contribution >= 4 is 17.6 Å². The molecule has 0 aliphatic carbocycles. The highest BCUT2D eigenvalue weighted by atomic mass is 19.4. The van der Waals surface area contributed by atoms with Crippen LogP contribution in [0.2, 0.25) is 0 Å². The van der Waals surface area contributed by atoms with Crippen molar-refractivity contribution in [1.29, 1.82) is 0 Å². The van der Waals surface area contributed by atoms with Gasteiger partial charge in [-0.3, -0.25) is 4.79 Å². The Labute approximate surface area is 171 Å². The van der Waals surface area contributed by atoms with E-state index in [1.807, 2.05) is 0 Å². The first-order valence-electron chi connectivity index (χ1n) is 9.04. The number of nitrogens with zero attached hydrogens (tertiary/aromatic N) is 1. The van der Waals surface area contributed by atoms with Gasteiger partial charge in [-0.25, -0.2) is 4.99 Å². The average molecular weight is 413 g/mol. The predicted octanol–water partition coefficient (Wildman–Crippen LogP) is 5.80. The smallest absolute Gasteiger partial charge is 0.416 e. The molecule has 0 saturated carbocycles. The average Bonchev–Trinajstić information content (AvgIpc) is 2.69. The SMILES string of the molecule is Cc1c(N=C(Oc2ccccc2CC(=O)O)c2ccccc2)cccc1C(F)(F)F. The largest absolute Gasteiger partial charge is 0.481 e. The second-order valence-electron chi connectivity index (χ2n) is 6.51. The number of alkyl halides is 3. The van der Waals surface area contributed by atoms with Crippen molar-refractivity contribution in [1.82, 2.24) is 0 Å². The van der Waals surface area contributed by atoms with Crippen LogP contribution < -0.4 is 4.74 Å². The highest BCUT2D eigenvalue weighted by Gasteiger charge is 2.33. The first kappa shape index (κ1) is 21.1. The Balaban J connectivity index is 2.10. The zero-order chi connectivity index (χ0) is 21.7. The van der Waals surface area contributed by atoms with E-state index in [0.717, 1.165) is 6.07 Å². The summed E-state index contributed by atoms with van der Waals surface area (Å²) in [5.74, 6) is -0.694. The number of aliphatic imine (C=N–C) groups is 1. The Hall–Kier alpha value is -3.61. The molecule has 3 rings (SSSR count). The van der Waals surface area contributed by atoms with Crippen LogP contribution in [0.5, 0.6) is 5.75 Å². The van der Waals surface area contributed by atoms with E-state index in [1.165, 1.54) is 19.1 Å². The summed E-state index contributed by atoms with van der Waals surface area (Å²) in [5.41, 5.74) is 0.275. The predicted molar refractivity (Wildman–Crippen MR) is 107 cm³/mol. The van der Waals surface area contributed by atoms with E-state index in [1.54, 1.807) is 54.6 Å². The molecule has 0 atom stereocenters. The van der Waals surface area contributed by atoms with Gasteiger partial charge in [-0.1, -0.05) is 42.5 Å². The summed E-state index contributed by atoms with van der Waals surface area (Å²) in [6.07, 6.45) is -4.77. The molecule has 7 heteroatoms. The third-order valence-corrected chi connectivity index (χ3v) is 4.37. The number of halogens is 3. The van der Waals surface area contributed by atoms with E-state index in [4.69, 9.17) is 9.84 Å². The van der Waals surface area contributed by atoms with Gasteiger partial charge in [-0.05, 0) is 42.8 Å². The van der Waals surface area contributed by atoms with Crippen LogP contribution in [-0.2, 0) is 17.4 Å². The van der Waals surface area contributed by atoms with Gasteiger partial charge in [-0.15, -0.1) is 0 Å². The zero-order valence-corrected chi connectivity index (χ0v) is 16.0. The maximum Gasteiger partial charge on any atom is 0.416 e. The molecular weight excluding hydrogens is 395 g/mol. The van der Waals surface area contributed by atoms with Gasteiger partial charge in [0.05, 0.1) is 17.7 Å². The fourth-order valence-corrected chi connectivity index (χ4v) is 2.90. The lowest BCUT2D eigenvalue weighted by molar-refractivity contribution is -0.138. The van der Waals surface area contributed by atoms with Crippen LogP contribution in [-0.4, -0.2) is 17.0 Å². The van der Waals surface area contributed by atoms with Crippen LogP contribution in [0.15, 0.2) is 77.8 Å². The van der Waals surface area contributed by atoms with Crippen molar-refractivity contribution in [3.8, 4) is 5.75 Å². The number of hydrogen-bond donors (Lipinski definition) is 1. The Kier molecular flexibility index (Phi) is 6.20. The Morgan fingerprint density at radius 1 is 0.967 bits per heavy atom. The number of carboxylic acids is 1. The minimum atomic E-state index is -4.50. The Bertz CT molecular complexity index is 1080. The first-order chi connectivity index (χ1) is 14.3. The fraction of sp³-hybridized carbons (Fsp3) is 0.130. The van der Waals surface area contributed by atoms with Crippen LogP contribution in [0.25, 0.3) is 0 Å². The molecule has 0 bridgehead atoms. The Morgan fingerprint density at radius 3 is 2.30 bits per heavy atom. The van der Waals surface area contributed by atoms with Crippen LogP contribution in [0.3, 0.4) is 0 Å². The van der Waals surface area contributed by atoms with Crippen molar-refractivity contribution in [3.63, 3.8) is 0 Å². The quantitative estimate of drug-likeness (QED) is 0.425. The fourth-order valence-electron chi connectivity index (χ4n) is 2.90. The lowest BCUT2D eigenvalue weighted by atomic mass is 10.1. The summed E-state index contributed by atoms with van der Waals surface area (Å²) in [7, 11) is 0. The molecule has 3 aromatic carbocycles. The van der Waals surface area contributed by atoms with Crippen molar-refractivity contribution in [2.24, 2.45) is 4.99 Å². The first-order valence-corrected chi connectivity index (χ1v) is 9.04. The molecule has 0 fully saturated rings. The van der Waals surface area contributed by atoms with E-state index in [-0.39, 0.29) is 29.3 Å². The number of ether oxygens (including phenoxy) is 1. The molecule has 0 unspecified atom stereocenters. The molecule has 3 aromatic rings. The molecule has 0 amide bonds. The van der Waals surface area contributed by atoms with E-state index in [9.17, 15) is 18.0 Å². The normalized spacial score (nSPS) is 11.9. The van der Waals surface area contributed by atoms with Gasteiger partial charge in [0.1, 0.15) is 5.75 Å². The monoisotopic (exact) mass is 413 g/mol. The minimum Gasteiger partial charge on any atom is -0.481 e. The number of para-hydroxylation sites is 1. The number of benzene rings is 3. The second-order valence-corrected chi connectivity index (χ2v) is 6.51. The van der Waals surface area contributed by atoms with Crippen molar-refractivity contribution < 1.29 is 27.8 Å². The number of carboxylic acid groups (broad SMARTS) is 1. The molecular formula is C23H18F3NO3. The summed E-state index contributed by atoms with van der Waals surface area (Å²) in [5, 5.41) is 9.13. The van der Waals surface area contributed by atoms with Gasteiger partial charge in [-0.2, -0.15) is 13.2 Å². The highest BCUT2D eigenvalue weighted by Crippen LogP contribution is 2.36. The Morgan fingerprint density at radius 2 is 1.63 bits per heavy atom. The van der Waals surface area contributed by atoms with Gasteiger partial charge in [0.15, 0.2) is 0 Å².